The van der Waals surface area contributed by atoms with Gasteiger partial charge in [-0.3, -0.25) is 0 Å². The van der Waals surface area contributed by atoms with E-state index in [2.05, 4.69) is 37.3 Å². The van der Waals surface area contributed by atoms with Gasteiger partial charge in [0.1, 0.15) is 5.75 Å². The molecular weight excluding hydrogens is 292 g/mol. The molecule has 0 spiro atoms. The van der Waals surface area contributed by atoms with Crippen molar-refractivity contribution in [1.29, 1.82) is 0 Å². The van der Waals surface area contributed by atoms with Crippen LogP contribution in [0.25, 0.3) is 5.57 Å². The van der Waals surface area contributed by atoms with Gasteiger partial charge in [0.2, 0.25) is 0 Å². The van der Waals surface area contributed by atoms with Gasteiger partial charge in [0.25, 0.3) is 0 Å². The van der Waals surface area contributed by atoms with E-state index >= 15 is 0 Å². The molecule has 1 aliphatic carbocycles. The smallest absolute Gasteiger partial charge is 0.118 e. The Morgan fingerprint density at radius 3 is 2.17 bits per heavy atom. The maximum Gasteiger partial charge on any atom is 0.118 e. The molecule has 0 saturated carbocycles. The number of allylic oxidation sites excluding steroid dienone is 4. The number of unbranched alkanes of at least 4 members (excludes halogenated alkanes) is 7. The van der Waals surface area contributed by atoms with Crippen LogP contribution in [0.3, 0.4) is 0 Å². The molecule has 0 heterocycles. The summed E-state index contributed by atoms with van der Waals surface area (Å²) in [4.78, 5) is 0. The van der Waals surface area contributed by atoms with Gasteiger partial charge in [-0.15, -0.1) is 0 Å². The molecule has 1 aliphatic rings. The first-order valence-corrected chi connectivity index (χ1v) is 9.86. The normalized spacial score (nSPS) is 16.9. The lowest BCUT2D eigenvalue weighted by Crippen LogP contribution is -2.00. The first kappa shape index (κ1) is 18.8. The van der Waals surface area contributed by atoms with E-state index in [0.717, 1.165) is 11.7 Å². The van der Waals surface area contributed by atoms with Crippen LogP contribution in [0.15, 0.2) is 42.5 Å². The lowest BCUT2D eigenvalue weighted by molar-refractivity contribution is 0.415. The topological polar surface area (TPSA) is 9.23 Å². The fourth-order valence-electron chi connectivity index (χ4n) is 3.42. The SMILES string of the molecule is CCCCCCCCCCC1C=CC(c2ccc(OC)cc2)=CC1. The molecule has 0 aliphatic heterocycles. The summed E-state index contributed by atoms with van der Waals surface area (Å²) in [6.07, 6.45) is 20.9. The molecule has 1 aromatic carbocycles. The Morgan fingerprint density at radius 2 is 1.58 bits per heavy atom. The van der Waals surface area contributed by atoms with Crippen molar-refractivity contribution in [2.45, 2.75) is 71.1 Å². The molecule has 0 fully saturated rings. The van der Waals surface area contributed by atoms with Crippen molar-refractivity contribution in [3.63, 3.8) is 0 Å². The lowest BCUT2D eigenvalue weighted by Gasteiger charge is -2.16. The van der Waals surface area contributed by atoms with Crippen molar-refractivity contribution >= 4 is 5.57 Å². The summed E-state index contributed by atoms with van der Waals surface area (Å²) in [6, 6.07) is 8.37. The quantitative estimate of drug-likeness (QED) is 0.391. The van der Waals surface area contributed by atoms with Crippen molar-refractivity contribution in [2.24, 2.45) is 5.92 Å². The van der Waals surface area contributed by atoms with Gasteiger partial charge in [0.15, 0.2) is 0 Å². The summed E-state index contributed by atoms with van der Waals surface area (Å²) < 4.78 is 5.23. The van der Waals surface area contributed by atoms with Crippen LogP contribution in [0.2, 0.25) is 0 Å². The molecule has 0 amide bonds. The standard InChI is InChI=1S/C23H34O/c1-3-4-5-6-7-8-9-10-11-20-12-14-21(15-13-20)22-16-18-23(24-2)19-17-22/h12,14-20H,3-11,13H2,1-2H3. The zero-order chi connectivity index (χ0) is 17.0. The van der Waals surface area contributed by atoms with Crippen LogP contribution in [-0.4, -0.2) is 7.11 Å². The van der Waals surface area contributed by atoms with E-state index in [1.807, 2.05) is 12.1 Å². The third kappa shape index (κ3) is 6.55. The predicted molar refractivity (Wildman–Crippen MR) is 105 cm³/mol. The Bertz CT molecular complexity index is 509. The van der Waals surface area contributed by atoms with Crippen LogP contribution in [0.1, 0.15) is 76.7 Å². The minimum absolute atomic E-state index is 0.743. The van der Waals surface area contributed by atoms with Crippen LogP contribution in [0.4, 0.5) is 0 Å². The zero-order valence-electron chi connectivity index (χ0n) is 15.6. The Kier molecular flexibility index (Phi) is 8.73. The summed E-state index contributed by atoms with van der Waals surface area (Å²) in [5, 5.41) is 0. The minimum Gasteiger partial charge on any atom is -0.497 e. The fourth-order valence-corrected chi connectivity index (χ4v) is 3.42. The van der Waals surface area contributed by atoms with E-state index in [9.17, 15) is 0 Å². The molecule has 1 nitrogen and oxygen atoms in total. The van der Waals surface area contributed by atoms with E-state index in [1.54, 1.807) is 7.11 Å². The third-order valence-corrected chi connectivity index (χ3v) is 5.04. The molecule has 0 radical (unpaired) electrons. The zero-order valence-corrected chi connectivity index (χ0v) is 15.6. The van der Waals surface area contributed by atoms with Crippen molar-refractivity contribution < 1.29 is 4.74 Å². The fraction of sp³-hybridized carbons (Fsp3) is 0.565. The van der Waals surface area contributed by atoms with Crippen LogP contribution in [-0.2, 0) is 0 Å². The van der Waals surface area contributed by atoms with Gasteiger partial charge in [0.05, 0.1) is 7.11 Å². The summed E-state index contributed by atoms with van der Waals surface area (Å²) in [5.74, 6) is 1.67. The summed E-state index contributed by atoms with van der Waals surface area (Å²) in [5.41, 5.74) is 2.64. The maximum absolute atomic E-state index is 5.23. The average Bonchev–Trinajstić information content (AvgIpc) is 2.64. The summed E-state index contributed by atoms with van der Waals surface area (Å²) >= 11 is 0. The van der Waals surface area contributed by atoms with E-state index in [4.69, 9.17) is 4.74 Å². The molecular formula is C23H34O. The van der Waals surface area contributed by atoms with Gasteiger partial charge < -0.3 is 4.74 Å². The van der Waals surface area contributed by atoms with E-state index in [1.165, 1.54) is 75.3 Å². The van der Waals surface area contributed by atoms with Gasteiger partial charge >= 0.3 is 0 Å². The summed E-state index contributed by atoms with van der Waals surface area (Å²) in [7, 11) is 1.71. The van der Waals surface area contributed by atoms with Crippen LogP contribution >= 0.6 is 0 Å². The lowest BCUT2D eigenvalue weighted by atomic mass is 9.89. The predicted octanol–water partition coefficient (Wildman–Crippen LogP) is 7.19. The molecule has 0 bridgehead atoms. The molecule has 2 rings (SSSR count). The number of ether oxygens (including phenoxy) is 1. The second-order valence-corrected chi connectivity index (χ2v) is 7.01. The minimum atomic E-state index is 0.743. The van der Waals surface area contributed by atoms with Gasteiger partial charge in [-0.05, 0) is 42.0 Å². The Hall–Kier alpha value is -1.50. The van der Waals surface area contributed by atoms with Crippen molar-refractivity contribution in [1.82, 2.24) is 0 Å². The highest BCUT2D eigenvalue weighted by Gasteiger charge is 2.09. The second kappa shape index (κ2) is 11.1. The van der Waals surface area contributed by atoms with Crippen molar-refractivity contribution in [2.75, 3.05) is 7.11 Å². The maximum atomic E-state index is 5.23. The molecule has 0 N–H and O–H groups in total. The van der Waals surface area contributed by atoms with Crippen molar-refractivity contribution in [3.05, 3.63) is 48.1 Å². The summed E-state index contributed by atoms with van der Waals surface area (Å²) in [6.45, 7) is 2.28. The Balaban J connectivity index is 1.61. The van der Waals surface area contributed by atoms with Gasteiger partial charge in [0, 0.05) is 0 Å². The molecule has 1 aromatic rings. The van der Waals surface area contributed by atoms with E-state index in [-0.39, 0.29) is 0 Å². The molecule has 1 heteroatoms. The Morgan fingerprint density at radius 1 is 0.917 bits per heavy atom. The van der Waals surface area contributed by atoms with Gasteiger partial charge in [-0.2, -0.15) is 0 Å². The highest BCUT2D eigenvalue weighted by Crippen LogP contribution is 2.28. The van der Waals surface area contributed by atoms with Crippen LogP contribution < -0.4 is 4.74 Å². The number of hydrogen-bond acceptors (Lipinski definition) is 1. The molecule has 1 atom stereocenters. The van der Waals surface area contributed by atoms with E-state index in [0.29, 0.717) is 0 Å². The Labute approximate surface area is 148 Å². The van der Waals surface area contributed by atoms with Crippen molar-refractivity contribution in [3.8, 4) is 5.75 Å². The first-order chi connectivity index (χ1) is 11.8. The molecule has 0 aromatic heterocycles. The highest BCUT2D eigenvalue weighted by molar-refractivity contribution is 5.75. The number of methoxy groups -OCH3 is 1. The molecule has 132 valence electrons. The number of rotatable bonds is 11. The molecule has 0 saturated heterocycles. The van der Waals surface area contributed by atoms with Crippen LogP contribution in [0.5, 0.6) is 5.75 Å². The number of benzene rings is 1. The second-order valence-electron chi connectivity index (χ2n) is 7.01. The first-order valence-electron chi connectivity index (χ1n) is 9.86. The highest BCUT2D eigenvalue weighted by atomic mass is 16.5. The molecule has 24 heavy (non-hydrogen) atoms. The van der Waals surface area contributed by atoms with Crippen LogP contribution in [0, 0.1) is 5.92 Å². The number of hydrogen-bond donors (Lipinski definition) is 0. The van der Waals surface area contributed by atoms with Gasteiger partial charge in [-0.1, -0.05) is 88.7 Å². The average molecular weight is 327 g/mol. The largest absolute Gasteiger partial charge is 0.497 e. The third-order valence-electron chi connectivity index (χ3n) is 5.04. The monoisotopic (exact) mass is 326 g/mol. The van der Waals surface area contributed by atoms with E-state index < -0.39 is 0 Å². The molecule has 1 unspecified atom stereocenters. The van der Waals surface area contributed by atoms with Gasteiger partial charge in [-0.25, -0.2) is 0 Å².